The molecule has 1 aromatic rings. The zero-order valence-electron chi connectivity index (χ0n) is 10.7. The van der Waals surface area contributed by atoms with Crippen LogP contribution < -0.4 is 4.74 Å². The minimum absolute atomic E-state index is 0.0709. The summed E-state index contributed by atoms with van der Waals surface area (Å²) in [6, 6.07) is 3.09. The van der Waals surface area contributed by atoms with Crippen LogP contribution in [-0.4, -0.2) is 24.1 Å². The van der Waals surface area contributed by atoms with Crippen molar-refractivity contribution in [1.29, 1.82) is 0 Å². The highest BCUT2D eigenvalue weighted by molar-refractivity contribution is 5.97. The van der Waals surface area contributed by atoms with Crippen LogP contribution in [0.3, 0.4) is 0 Å². The number of hydrogen-bond acceptors (Lipinski definition) is 4. The Morgan fingerprint density at radius 3 is 2.61 bits per heavy atom. The number of hydrogen-bond donors (Lipinski definition) is 1. The Hall–Kier alpha value is -1.81. The zero-order chi connectivity index (χ0) is 13.4. The van der Waals surface area contributed by atoms with E-state index in [0.29, 0.717) is 5.75 Å². The predicted molar refractivity (Wildman–Crippen MR) is 67.1 cm³/mol. The minimum Gasteiger partial charge on any atom is -0.507 e. The van der Waals surface area contributed by atoms with E-state index in [1.165, 1.54) is 13.0 Å². The van der Waals surface area contributed by atoms with E-state index in [9.17, 15) is 9.90 Å². The highest BCUT2D eigenvalue weighted by Crippen LogP contribution is 2.43. The Labute approximate surface area is 106 Å². The van der Waals surface area contributed by atoms with E-state index < -0.39 is 0 Å². The van der Waals surface area contributed by atoms with Crippen LogP contribution >= 0.6 is 0 Å². The molecule has 1 aliphatic rings. The van der Waals surface area contributed by atoms with Gasteiger partial charge < -0.3 is 14.6 Å². The molecule has 2 atom stereocenters. The second-order valence-electron chi connectivity index (χ2n) is 4.50. The van der Waals surface area contributed by atoms with Gasteiger partial charge >= 0.3 is 0 Å². The first-order chi connectivity index (χ1) is 8.45. The molecule has 0 saturated heterocycles. The third-order valence-corrected chi connectivity index (χ3v) is 3.08. The molecule has 1 N–H and O–H groups in total. The summed E-state index contributed by atoms with van der Waals surface area (Å²) in [5.74, 6) is 0.278. The van der Waals surface area contributed by atoms with Crippen LogP contribution in [0.5, 0.6) is 11.5 Å². The summed E-state index contributed by atoms with van der Waals surface area (Å²) in [4.78, 5) is 11.4. The lowest BCUT2D eigenvalue weighted by atomic mass is 9.99. The number of fused-ring (bicyclic) bond motifs is 1. The van der Waals surface area contributed by atoms with Gasteiger partial charge in [0, 0.05) is 18.7 Å². The lowest BCUT2D eigenvalue weighted by molar-refractivity contribution is 0.0445. The van der Waals surface area contributed by atoms with Gasteiger partial charge in [0.05, 0.1) is 5.56 Å². The first-order valence-corrected chi connectivity index (χ1v) is 5.68. The maximum atomic E-state index is 11.4. The van der Waals surface area contributed by atoms with E-state index in [4.69, 9.17) is 9.47 Å². The van der Waals surface area contributed by atoms with Gasteiger partial charge in [-0.25, -0.2) is 0 Å². The number of carbonyl (C=O) groups is 1. The van der Waals surface area contributed by atoms with Gasteiger partial charge in [-0.1, -0.05) is 6.58 Å². The zero-order valence-corrected chi connectivity index (χ0v) is 10.7. The van der Waals surface area contributed by atoms with Crippen LogP contribution in [0.2, 0.25) is 0 Å². The van der Waals surface area contributed by atoms with Crippen LogP contribution in [0.1, 0.15) is 35.9 Å². The van der Waals surface area contributed by atoms with E-state index in [-0.39, 0.29) is 29.3 Å². The molecule has 0 saturated carbocycles. The average Bonchev–Trinajstić information content (AvgIpc) is 2.65. The van der Waals surface area contributed by atoms with Crippen molar-refractivity contribution >= 4 is 5.78 Å². The smallest absolute Gasteiger partial charge is 0.163 e. The molecule has 2 rings (SSSR count). The van der Waals surface area contributed by atoms with Gasteiger partial charge in [0.25, 0.3) is 0 Å². The molecule has 0 unspecified atom stereocenters. The monoisotopic (exact) mass is 248 g/mol. The molecule has 1 heterocycles. The number of Topliss-reactive ketones (excluding diaryl/α,β-unsaturated/α-hetero) is 1. The van der Waals surface area contributed by atoms with Crippen molar-refractivity contribution in [2.45, 2.75) is 26.1 Å². The first-order valence-electron chi connectivity index (χ1n) is 5.68. The quantitative estimate of drug-likeness (QED) is 0.660. The predicted octanol–water partition coefficient (Wildman–Crippen LogP) is 2.62. The molecule has 4 nitrogen and oxygen atoms in total. The van der Waals surface area contributed by atoms with Gasteiger partial charge in [0.2, 0.25) is 0 Å². The SMILES string of the molecule is C=C(C)[C@H]1Oc2cc(O)c(C(C)=O)cc2[C@@H]1OC. The van der Waals surface area contributed by atoms with Gasteiger partial charge in [-0.3, -0.25) is 4.79 Å². The van der Waals surface area contributed by atoms with E-state index in [1.54, 1.807) is 13.2 Å². The van der Waals surface area contributed by atoms with Crippen LogP contribution in [0.15, 0.2) is 24.3 Å². The molecule has 0 radical (unpaired) electrons. The van der Waals surface area contributed by atoms with Crippen molar-refractivity contribution in [1.82, 2.24) is 0 Å². The molecule has 0 bridgehead atoms. The average molecular weight is 248 g/mol. The van der Waals surface area contributed by atoms with Gasteiger partial charge in [0.1, 0.15) is 23.7 Å². The number of phenolic OH excluding ortho intramolecular Hbond substituents is 1. The number of carbonyl (C=O) groups excluding carboxylic acids is 1. The van der Waals surface area contributed by atoms with Gasteiger partial charge in [0.15, 0.2) is 5.78 Å². The number of ketones is 1. The molecule has 1 aliphatic heterocycles. The van der Waals surface area contributed by atoms with Gasteiger partial charge in [-0.15, -0.1) is 0 Å². The van der Waals surface area contributed by atoms with Crippen molar-refractivity contribution in [3.05, 3.63) is 35.4 Å². The topological polar surface area (TPSA) is 55.8 Å². The second kappa shape index (κ2) is 4.46. The maximum Gasteiger partial charge on any atom is 0.163 e. The Kier molecular flexibility index (Phi) is 3.13. The Morgan fingerprint density at radius 2 is 2.11 bits per heavy atom. The lowest BCUT2D eigenvalue weighted by Gasteiger charge is -2.17. The standard InChI is InChI=1S/C14H16O4/c1-7(2)13-14(17-4)10-5-9(8(3)15)11(16)6-12(10)18-13/h5-6,13-14,16H,1H2,2-4H3/t13-,14+/m1/s1. The number of rotatable bonds is 3. The molecule has 4 heteroatoms. The molecule has 18 heavy (non-hydrogen) atoms. The molecule has 0 aromatic heterocycles. The molecule has 1 aromatic carbocycles. The summed E-state index contributed by atoms with van der Waals surface area (Å²) >= 11 is 0. The van der Waals surface area contributed by atoms with Crippen molar-refractivity contribution in [2.75, 3.05) is 7.11 Å². The summed E-state index contributed by atoms with van der Waals surface area (Å²) in [6.45, 7) is 7.13. The summed E-state index contributed by atoms with van der Waals surface area (Å²) in [6.07, 6.45) is -0.581. The van der Waals surface area contributed by atoms with Crippen molar-refractivity contribution in [3.63, 3.8) is 0 Å². The summed E-state index contributed by atoms with van der Waals surface area (Å²) in [7, 11) is 1.58. The van der Waals surface area contributed by atoms with Crippen molar-refractivity contribution in [3.8, 4) is 11.5 Å². The highest BCUT2D eigenvalue weighted by Gasteiger charge is 2.36. The number of methoxy groups -OCH3 is 1. The lowest BCUT2D eigenvalue weighted by Crippen LogP contribution is -2.20. The van der Waals surface area contributed by atoms with Crippen molar-refractivity contribution in [2.24, 2.45) is 0 Å². The number of aromatic hydroxyl groups is 1. The third kappa shape index (κ3) is 1.88. The molecule has 0 aliphatic carbocycles. The van der Waals surface area contributed by atoms with Crippen LogP contribution in [-0.2, 0) is 4.74 Å². The second-order valence-corrected chi connectivity index (χ2v) is 4.50. The fraction of sp³-hybridized carbons (Fsp3) is 0.357. The number of ether oxygens (including phenoxy) is 2. The molecular weight excluding hydrogens is 232 g/mol. The third-order valence-electron chi connectivity index (χ3n) is 3.08. The fourth-order valence-corrected chi connectivity index (χ4v) is 2.16. The maximum absolute atomic E-state index is 11.4. The minimum atomic E-state index is -0.295. The Morgan fingerprint density at radius 1 is 1.44 bits per heavy atom. The normalized spacial score (nSPS) is 21.3. The van der Waals surface area contributed by atoms with Gasteiger partial charge in [-0.2, -0.15) is 0 Å². The molecule has 96 valence electrons. The number of phenols is 1. The van der Waals surface area contributed by atoms with E-state index in [2.05, 4.69) is 6.58 Å². The Bertz CT molecular complexity index is 519. The summed E-state index contributed by atoms with van der Waals surface area (Å²) < 4.78 is 11.1. The van der Waals surface area contributed by atoms with Crippen LogP contribution in [0.25, 0.3) is 0 Å². The van der Waals surface area contributed by atoms with E-state index >= 15 is 0 Å². The highest BCUT2D eigenvalue weighted by atomic mass is 16.5. The fourth-order valence-electron chi connectivity index (χ4n) is 2.16. The summed E-state index contributed by atoms with van der Waals surface area (Å²) in [5, 5.41) is 9.76. The van der Waals surface area contributed by atoms with Crippen LogP contribution in [0, 0.1) is 0 Å². The number of benzene rings is 1. The first kappa shape index (κ1) is 12.6. The van der Waals surface area contributed by atoms with E-state index in [1.807, 2.05) is 6.92 Å². The van der Waals surface area contributed by atoms with Gasteiger partial charge in [-0.05, 0) is 25.5 Å². The molecule has 0 fully saturated rings. The largest absolute Gasteiger partial charge is 0.507 e. The molecular formula is C14H16O4. The molecule has 0 amide bonds. The van der Waals surface area contributed by atoms with E-state index in [0.717, 1.165) is 11.1 Å². The van der Waals surface area contributed by atoms with Crippen LogP contribution in [0.4, 0.5) is 0 Å². The summed E-state index contributed by atoms with van der Waals surface area (Å²) in [5.41, 5.74) is 1.89. The molecule has 0 spiro atoms. The Balaban J connectivity index is 2.52. The van der Waals surface area contributed by atoms with Crippen molar-refractivity contribution < 1.29 is 19.4 Å².